The van der Waals surface area contributed by atoms with Crippen molar-refractivity contribution in [1.29, 1.82) is 5.26 Å². The quantitative estimate of drug-likeness (QED) is 0.297. The van der Waals surface area contributed by atoms with Gasteiger partial charge in [-0.25, -0.2) is 4.99 Å². The van der Waals surface area contributed by atoms with Crippen LogP contribution in [0.25, 0.3) is 0 Å². The standard InChI is InChI=1S/C17H19I3N4O2/c1-10(8-21)9-22-17(25)14-12(18)7-13(19)16(15(14)20)23-11(2)24-3-5-26-6-4-24/h7,10H,3-6,9H2,1-2H3,(H,22,25). The molecule has 1 aliphatic heterocycles. The molecule has 9 heteroatoms. The lowest BCUT2D eigenvalue weighted by atomic mass is 10.1. The van der Waals surface area contributed by atoms with Crippen molar-refractivity contribution in [2.45, 2.75) is 13.8 Å². The van der Waals surface area contributed by atoms with Crippen LogP contribution in [0.3, 0.4) is 0 Å². The van der Waals surface area contributed by atoms with Crippen LogP contribution in [0.2, 0.25) is 0 Å². The number of carbonyl (C=O) groups is 1. The van der Waals surface area contributed by atoms with Gasteiger partial charge in [0.2, 0.25) is 0 Å². The molecule has 2 rings (SSSR count). The van der Waals surface area contributed by atoms with Gasteiger partial charge in [0.25, 0.3) is 5.91 Å². The first-order valence-corrected chi connectivity index (χ1v) is 11.3. The van der Waals surface area contributed by atoms with Gasteiger partial charge in [0, 0.05) is 26.8 Å². The fourth-order valence-electron chi connectivity index (χ4n) is 2.39. The minimum Gasteiger partial charge on any atom is -0.378 e. The third-order valence-corrected chi connectivity index (χ3v) is 6.63. The molecule has 140 valence electrons. The number of benzene rings is 1. The van der Waals surface area contributed by atoms with Gasteiger partial charge in [-0.05, 0) is 87.7 Å². The molecule has 1 aromatic rings. The Kier molecular flexibility index (Phi) is 8.81. The average Bonchev–Trinajstić information content (AvgIpc) is 2.63. The van der Waals surface area contributed by atoms with Crippen molar-refractivity contribution in [3.8, 4) is 6.07 Å². The Morgan fingerprint density at radius 2 is 2.04 bits per heavy atom. The topological polar surface area (TPSA) is 77.7 Å². The van der Waals surface area contributed by atoms with E-state index in [9.17, 15) is 4.79 Å². The van der Waals surface area contributed by atoms with Crippen molar-refractivity contribution in [2.75, 3.05) is 32.8 Å². The molecule has 0 spiro atoms. The molecule has 6 nitrogen and oxygen atoms in total. The molecule has 0 saturated carbocycles. The minimum absolute atomic E-state index is 0.169. The second-order valence-corrected chi connectivity index (χ2v) is 9.28. The van der Waals surface area contributed by atoms with Crippen molar-refractivity contribution in [3.63, 3.8) is 0 Å². The predicted molar refractivity (Wildman–Crippen MR) is 127 cm³/mol. The van der Waals surface area contributed by atoms with Gasteiger partial charge in [-0.2, -0.15) is 5.26 Å². The van der Waals surface area contributed by atoms with Gasteiger partial charge < -0.3 is 15.0 Å². The van der Waals surface area contributed by atoms with Crippen molar-refractivity contribution in [1.82, 2.24) is 10.2 Å². The molecular formula is C17H19I3N4O2. The van der Waals surface area contributed by atoms with Crippen LogP contribution in [0.4, 0.5) is 5.69 Å². The molecule has 26 heavy (non-hydrogen) atoms. The van der Waals surface area contributed by atoms with E-state index in [0.29, 0.717) is 25.3 Å². The van der Waals surface area contributed by atoms with Gasteiger partial charge in [0.05, 0.1) is 40.0 Å². The van der Waals surface area contributed by atoms with Crippen LogP contribution in [-0.4, -0.2) is 49.5 Å². The van der Waals surface area contributed by atoms with E-state index in [1.807, 2.05) is 13.0 Å². The van der Waals surface area contributed by atoms with Crippen molar-refractivity contribution in [3.05, 3.63) is 22.3 Å². The largest absolute Gasteiger partial charge is 0.378 e. The summed E-state index contributed by atoms with van der Waals surface area (Å²) >= 11 is 6.63. The number of aliphatic imine (C=N–C) groups is 1. The summed E-state index contributed by atoms with van der Waals surface area (Å²) in [6.45, 7) is 7.17. The molecule has 1 N–H and O–H groups in total. The van der Waals surface area contributed by atoms with E-state index in [2.05, 4.69) is 84.1 Å². The van der Waals surface area contributed by atoms with E-state index in [1.54, 1.807) is 6.92 Å². The van der Waals surface area contributed by atoms with Crippen molar-refractivity contribution >= 4 is 85.2 Å². The number of amidine groups is 1. The van der Waals surface area contributed by atoms with Crippen LogP contribution in [0.15, 0.2) is 11.1 Å². The average molecular weight is 692 g/mol. The molecule has 1 fully saturated rings. The highest BCUT2D eigenvalue weighted by Crippen LogP contribution is 2.34. The summed E-state index contributed by atoms with van der Waals surface area (Å²) in [6.07, 6.45) is 0. The summed E-state index contributed by atoms with van der Waals surface area (Å²) in [7, 11) is 0. The lowest BCUT2D eigenvalue weighted by Gasteiger charge is -2.28. The predicted octanol–water partition coefficient (Wildman–Crippen LogP) is 3.77. The maximum Gasteiger partial charge on any atom is 0.253 e. The zero-order valence-corrected chi connectivity index (χ0v) is 21.0. The molecule has 0 aromatic heterocycles. The molecule has 0 radical (unpaired) electrons. The van der Waals surface area contributed by atoms with Gasteiger partial charge in [-0.1, -0.05) is 0 Å². The first-order chi connectivity index (χ1) is 12.3. The SMILES string of the molecule is CC(=Nc1c(I)cc(I)c(C(=O)NCC(C)C#N)c1I)N1CCOCC1. The molecule has 1 unspecified atom stereocenters. The molecule has 1 aromatic carbocycles. The van der Waals surface area contributed by atoms with Gasteiger partial charge in [-0.3, -0.25) is 4.79 Å². The highest BCUT2D eigenvalue weighted by atomic mass is 127. The van der Waals surface area contributed by atoms with E-state index >= 15 is 0 Å². The van der Waals surface area contributed by atoms with E-state index in [-0.39, 0.29) is 11.8 Å². The normalized spacial score (nSPS) is 16.2. The number of ether oxygens (including phenoxy) is 1. The second kappa shape index (κ2) is 10.4. The smallest absolute Gasteiger partial charge is 0.253 e. The van der Waals surface area contributed by atoms with E-state index in [1.165, 1.54) is 0 Å². The molecular weight excluding hydrogens is 673 g/mol. The number of carbonyl (C=O) groups excluding carboxylic acids is 1. The number of nitrogens with zero attached hydrogens (tertiary/aromatic N) is 3. The summed E-state index contributed by atoms with van der Waals surface area (Å²) in [5, 5.41) is 11.7. The third-order valence-electron chi connectivity index (χ3n) is 3.90. The van der Waals surface area contributed by atoms with Crippen LogP contribution in [0.1, 0.15) is 24.2 Å². The number of nitrogens with one attached hydrogen (secondary N) is 1. The fourth-order valence-corrected chi connectivity index (χ4v) is 6.49. The second-order valence-electron chi connectivity index (χ2n) is 5.88. The number of halogens is 3. The zero-order chi connectivity index (χ0) is 19.3. The van der Waals surface area contributed by atoms with Gasteiger partial charge in [0.1, 0.15) is 5.84 Å². The lowest BCUT2D eigenvalue weighted by Crippen LogP contribution is -2.39. The fraction of sp³-hybridized carbons (Fsp3) is 0.471. The molecule has 1 heterocycles. The van der Waals surface area contributed by atoms with Gasteiger partial charge in [-0.15, -0.1) is 0 Å². The maximum absolute atomic E-state index is 12.6. The van der Waals surface area contributed by atoms with E-state index in [4.69, 9.17) is 15.0 Å². The summed E-state index contributed by atoms with van der Waals surface area (Å²) in [5.74, 6) is 0.534. The summed E-state index contributed by atoms with van der Waals surface area (Å²) in [4.78, 5) is 19.7. The zero-order valence-electron chi connectivity index (χ0n) is 14.5. The van der Waals surface area contributed by atoms with Crippen LogP contribution in [0.5, 0.6) is 0 Å². The highest BCUT2D eigenvalue weighted by Gasteiger charge is 2.21. The summed E-state index contributed by atoms with van der Waals surface area (Å²) in [6, 6.07) is 4.10. The lowest BCUT2D eigenvalue weighted by molar-refractivity contribution is 0.0678. The Balaban J connectivity index is 2.33. The Labute approximate surface area is 194 Å². The molecule has 1 amide bonds. The first-order valence-electron chi connectivity index (χ1n) is 8.08. The Morgan fingerprint density at radius 1 is 1.38 bits per heavy atom. The molecule has 0 aliphatic carbocycles. The number of hydrogen-bond acceptors (Lipinski definition) is 4. The monoisotopic (exact) mass is 692 g/mol. The van der Waals surface area contributed by atoms with E-state index in [0.717, 1.165) is 35.3 Å². The van der Waals surface area contributed by atoms with Crippen molar-refractivity contribution in [2.24, 2.45) is 10.9 Å². The Morgan fingerprint density at radius 3 is 2.65 bits per heavy atom. The minimum atomic E-state index is -0.223. The first kappa shape index (κ1) is 22.1. The van der Waals surface area contributed by atoms with Crippen molar-refractivity contribution < 1.29 is 9.53 Å². The van der Waals surface area contributed by atoms with Gasteiger partial charge >= 0.3 is 0 Å². The third kappa shape index (κ3) is 5.65. The summed E-state index contributed by atoms with van der Waals surface area (Å²) in [5.41, 5.74) is 1.43. The van der Waals surface area contributed by atoms with Crippen LogP contribution in [0, 0.1) is 28.0 Å². The number of amides is 1. The Hall–Kier alpha value is -0.200. The maximum atomic E-state index is 12.6. The highest BCUT2D eigenvalue weighted by molar-refractivity contribution is 14.1. The molecule has 1 saturated heterocycles. The number of nitriles is 1. The summed E-state index contributed by atoms with van der Waals surface area (Å²) < 4.78 is 8.10. The van der Waals surface area contributed by atoms with Crippen LogP contribution in [-0.2, 0) is 4.74 Å². The number of rotatable bonds is 4. The van der Waals surface area contributed by atoms with E-state index < -0.39 is 0 Å². The molecule has 1 aliphatic rings. The number of morpholine rings is 1. The molecule has 0 bridgehead atoms. The molecule has 1 atom stereocenters. The number of hydrogen-bond donors (Lipinski definition) is 1. The van der Waals surface area contributed by atoms with Crippen LogP contribution >= 0.6 is 67.8 Å². The Bertz CT molecular complexity index is 755. The van der Waals surface area contributed by atoms with Crippen LogP contribution < -0.4 is 5.32 Å². The van der Waals surface area contributed by atoms with Gasteiger partial charge in [0.15, 0.2) is 0 Å².